The predicted octanol–water partition coefficient (Wildman–Crippen LogP) is 1.42. The molecule has 0 aliphatic carbocycles. The molecule has 146 valence electrons. The zero-order valence-electron chi connectivity index (χ0n) is 15.8. The van der Waals surface area contributed by atoms with E-state index in [0.717, 1.165) is 55.9 Å². The van der Waals surface area contributed by atoms with Crippen LogP contribution >= 0.6 is 0 Å². The molecule has 3 heterocycles. The Morgan fingerprint density at radius 1 is 1.31 bits per heavy atom. The second-order valence-corrected chi connectivity index (χ2v) is 6.74. The highest BCUT2D eigenvalue weighted by Crippen LogP contribution is 2.10. The number of nitrogens with zero attached hydrogens (tertiary/aromatic N) is 4. The topological polar surface area (TPSA) is 95.9 Å². The van der Waals surface area contributed by atoms with Crippen LogP contribution in [0.15, 0.2) is 12.3 Å². The molecular weight excluding hydrogens is 326 g/mol. The van der Waals surface area contributed by atoms with Crippen molar-refractivity contribution in [2.24, 2.45) is 5.73 Å². The number of nitrogens with one attached hydrogen (secondary N) is 2. The minimum atomic E-state index is 0. The summed E-state index contributed by atoms with van der Waals surface area (Å²) in [4.78, 5) is 11.4. The predicted molar refractivity (Wildman–Crippen MR) is 108 cm³/mol. The third kappa shape index (κ3) is 5.59. The zero-order valence-corrected chi connectivity index (χ0v) is 15.8. The molecule has 2 aromatic rings. The van der Waals surface area contributed by atoms with Gasteiger partial charge in [-0.3, -0.25) is 10.4 Å². The van der Waals surface area contributed by atoms with Gasteiger partial charge in [0.15, 0.2) is 5.49 Å². The highest BCUT2D eigenvalue weighted by atomic mass is 15.2. The van der Waals surface area contributed by atoms with Crippen molar-refractivity contribution in [3.63, 3.8) is 0 Å². The summed E-state index contributed by atoms with van der Waals surface area (Å²) in [5, 5.41) is 11.1. The molecular formula is C19H35N7. The molecule has 1 aliphatic heterocycles. The fourth-order valence-corrected chi connectivity index (χ4v) is 3.14. The van der Waals surface area contributed by atoms with E-state index in [1.165, 1.54) is 0 Å². The van der Waals surface area contributed by atoms with Gasteiger partial charge in [0.2, 0.25) is 0 Å². The van der Waals surface area contributed by atoms with E-state index < -0.39 is 0 Å². The standard InChI is InChI=1S/C16H24N6.C2H7N.CH4/c1-11-8-14-15(19-9-11)16(18)22(12(2)20-14)6-3-5-21-7-4-13(17)10-21;1-3-2;/h8-9,13,18H,3-7,10,17H2,1-2H3;3H,1-2H3;1H4. The molecule has 0 bridgehead atoms. The van der Waals surface area contributed by atoms with Gasteiger partial charge in [-0.25, -0.2) is 4.98 Å². The maximum Gasteiger partial charge on any atom is 0.154 e. The van der Waals surface area contributed by atoms with E-state index in [4.69, 9.17) is 11.1 Å². The van der Waals surface area contributed by atoms with Crippen molar-refractivity contribution in [1.82, 2.24) is 24.8 Å². The van der Waals surface area contributed by atoms with Gasteiger partial charge in [-0.2, -0.15) is 0 Å². The number of aryl methyl sites for hydroxylation is 2. The largest absolute Gasteiger partial charge is 0.326 e. The zero-order chi connectivity index (χ0) is 18.4. The lowest BCUT2D eigenvalue weighted by Gasteiger charge is -2.17. The van der Waals surface area contributed by atoms with Crippen molar-refractivity contribution < 1.29 is 0 Å². The first kappa shape index (κ1) is 22.2. The first-order valence-electron chi connectivity index (χ1n) is 8.91. The number of likely N-dealkylation sites (tertiary alicyclic amines) is 1. The molecule has 1 atom stereocenters. The fourth-order valence-electron chi connectivity index (χ4n) is 3.14. The Morgan fingerprint density at radius 2 is 2.00 bits per heavy atom. The number of hydrogen-bond donors (Lipinski definition) is 3. The lowest BCUT2D eigenvalue weighted by atomic mass is 10.2. The number of rotatable bonds is 4. The molecule has 1 fully saturated rings. The molecule has 0 radical (unpaired) electrons. The van der Waals surface area contributed by atoms with Crippen LogP contribution in [0.2, 0.25) is 0 Å². The van der Waals surface area contributed by atoms with E-state index in [1.807, 2.05) is 38.6 Å². The van der Waals surface area contributed by atoms with Crippen LogP contribution in [0.3, 0.4) is 0 Å². The van der Waals surface area contributed by atoms with Gasteiger partial charge in [-0.15, -0.1) is 0 Å². The van der Waals surface area contributed by atoms with E-state index >= 15 is 0 Å². The first-order chi connectivity index (χ1) is 12.0. The van der Waals surface area contributed by atoms with Gasteiger partial charge in [0.05, 0.1) is 5.52 Å². The molecule has 1 unspecified atom stereocenters. The number of fused-ring (bicyclic) bond motifs is 1. The summed E-state index contributed by atoms with van der Waals surface area (Å²) < 4.78 is 1.96. The van der Waals surface area contributed by atoms with E-state index in [9.17, 15) is 0 Å². The first-order valence-corrected chi connectivity index (χ1v) is 8.91. The van der Waals surface area contributed by atoms with Crippen LogP contribution in [0.4, 0.5) is 0 Å². The van der Waals surface area contributed by atoms with Crippen molar-refractivity contribution in [2.45, 2.75) is 46.7 Å². The van der Waals surface area contributed by atoms with Crippen molar-refractivity contribution in [2.75, 3.05) is 33.7 Å². The monoisotopic (exact) mass is 361 g/mol. The lowest BCUT2D eigenvalue weighted by Crippen LogP contribution is -2.30. The average molecular weight is 362 g/mol. The minimum Gasteiger partial charge on any atom is -0.326 e. The molecule has 2 aromatic heterocycles. The normalized spacial score (nSPS) is 16.9. The fraction of sp³-hybridized carbons (Fsp3) is 0.632. The van der Waals surface area contributed by atoms with Crippen molar-refractivity contribution in [3.05, 3.63) is 29.1 Å². The molecule has 0 amide bonds. The molecule has 1 aliphatic rings. The molecule has 0 aromatic carbocycles. The molecule has 0 saturated carbocycles. The van der Waals surface area contributed by atoms with Crippen molar-refractivity contribution in [1.29, 1.82) is 5.41 Å². The Labute approximate surface area is 157 Å². The Morgan fingerprint density at radius 3 is 2.62 bits per heavy atom. The maximum atomic E-state index is 8.40. The van der Waals surface area contributed by atoms with Gasteiger partial charge in [-0.05, 0) is 65.5 Å². The Bertz CT molecular complexity index is 753. The average Bonchev–Trinajstić information content (AvgIpc) is 2.96. The van der Waals surface area contributed by atoms with Gasteiger partial charge in [-0.1, -0.05) is 7.43 Å². The van der Waals surface area contributed by atoms with E-state index in [2.05, 4.69) is 20.2 Å². The second-order valence-electron chi connectivity index (χ2n) is 6.74. The second kappa shape index (κ2) is 10.4. The quantitative estimate of drug-likeness (QED) is 0.765. The summed E-state index contributed by atoms with van der Waals surface area (Å²) in [6.45, 7) is 7.87. The third-order valence-corrected chi connectivity index (χ3v) is 4.34. The Kier molecular flexibility index (Phi) is 8.84. The van der Waals surface area contributed by atoms with Crippen LogP contribution in [-0.4, -0.2) is 59.2 Å². The minimum absolute atomic E-state index is 0. The van der Waals surface area contributed by atoms with Gasteiger partial charge >= 0.3 is 0 Å². The summed E-state index contributed by atoms with van der Waals surface area (Å²) in [6, 6.07) is 2.32. The molecule has 0 spiro atoms. The molecule has 1 saturated heterocycles. The van der Waals surface area contributed by atoms with E-state index in [0.29, 0.717) is 17.0 Å². The van der Waals surface area contributed by atoms with E-state index in [-0.39, 0.29) is 7.43 Å². The van der Waals surface area contributed by atoms with Crippen LogP contribution in [0.5, 0.6) is 0 Å². The van der Waals surface area contributed by atoms with Crippen LogP contribution in [0.25, 0.3) is 11.0 Å². The van der Waals surface area contributed by atoms with Crippen LogP contribution < -0.4 is 16.5 Å². The number of nitrogens with two attached hydrogens (primary N) is 1. The van der Waals surface area contributed by atoms with Gasteiger partial charge in [0, 0.05) is 25.3 Å². The summed E-state index contributed by atoms with van der Waals surface area (Å²) in [7, 11) is 3.75. The molecule has 3 rings (SSSR count). The highest BCUT2D eigenvalue weighted by Gasteiger charge is 2.18. The molecule has 4 N–H and O–H groups in total. The van der Waals surface area contributed by atoms with Gasteiger partial charge in [0.1, 0.15) is 11.3 Å². The maximum absolute atomic E-state index is 8.40. The SMILES string of the molecule is C.CNC.Cc1cnc2c(=N)n(CCCN3CCC(N)C3)c(C)nc2c1. The van der Waals surface area contributed by atoms with Crippen LogP contribution in [0.1, 0.15) is 31.7 Å². The molecule has 7 nitrogen and oxygen atoms in total. The van der Waals surface area contributed by atoms with Crippen LogP contribution in [0, 0.1) is 19.3 Å². The summed E-state index contributed by atoms with van der Waals surface area (Å²) in [5.41, 5.74) is 8.96. The summed E-state index contributed by atoms with van der Waals surface area (Å²) in [5.74, 6) is 0.878. The smallest absolute Gasteiger partial charge is 0.154 e. The summed E-state index contributed by atoms with van der Waals surface area (Å²) >= 11 is 0. The Hall–Kier alpha value is -1.83. The lowest BCUT2D eigenvalue weighted by molar-refractivity contribution is 0.319. The molecule has 7 heteroatoms. The van der Waals surface area contributed by atoms with Crippen LogP contribution in [-0.2, 0) is 6.54 Å². The third-order valence-electron chi connectivity index (χ3n) is 4.34. The van der Waals surface area contributed by atoms with E-state index in [1.54, 1.807) is 6.20 Å². The Balaban J connectivity index is 0.000000791. The van der Waals surface area contributed by atoms with Crippen molar-refractivity contribution in [3.8, 4) is 0 Å². The highest BCUT2D eigenvalue weighted by molar-refractivity contribution is 5.72. The van der Waals surface area contributed by atoms with Crippen molar-refractivity contribution >= 4 is 11.0 Å². The number of hydrogen-bond acceptors (Lipinski definition) is 6. The number of pyridine rings is 1. The van der Waals surface area contributed by atoms with Gasteiger partial charge < -0.3 is 20.5 Å². The summed E-state index contributed by atoms with van der Waals surface area (Å²) in [6.07, 6.45) is 3.90. The van der Waals surface area contributed by atoms with Gasteiger partial charge in [0.25, 0.3) is 0 Å². The number of aromatic nitrogens is 3. The molecule has 26 heavy (non-hydrogen) atoms.